The van der Waals surface area contributed by atoms with E-state index in [9.17, 15) is 18.0 Å². The van der Waals surface area contributed by atoms with Gasteiger partial charge >= 0.3 is 6.18 Å². The maximum Gasteiger partial charge on any atom is 0.403 e. The molecule has 0 saturated carbocycles. The molecule has 1 aliphatic rings. The summed E-state index contributed by atoms with van der Waals surface area (Å²) in [6, 6.07) is 29.5. The number of para-hydroxylation sites is 1. The van der Waals surface area contributed by atoms with Crippen LogP contribution in [-0.4, -0.2) is 56.6 Å². The third-order valence-electron chi connectivity index (χ3n) is 7.96. The van der Waals surface area contributed by atoms with Crippen LogP contribution in [0.15, 0.2) is 103 Å². The molecule has 4 aromatic rings. The lowest BCUT2D eigenvalue weighted by molar-refractivity contribution is -0.152. The highest BCUT2D eigenvalue weighted by Crippen LogP contribution is 2.31. The van der Waals surface area contributed by atoms with Gasteiger partial charge < -0.3 is 25.8 Å². The van der Waals surface area contributed by atoms with Gasteiger partial charge in [-0.15, -0.1) is 0 Å². The number of benzene rings is 4. The lowest BCUT2D eigenvalue weighted by Gasteiger charge is -2.30. The summed E-state index contributed by atoms with van der Waals surface area (Å²) in [5.41, 5.74) is 10.8. The molecule has 1 fully saturated rings. The molecule has 4 aromatic carbocycles. The molecule has 48 heavy (non-hydrogen) atoms. The van der Waals surface area contributed by atoms with Gasteiger partial charge in [-0.25, -0.2) is 4.39 Å². The van der Waals surface area contributed by atoms with E-state index in [0.29, 0.717) is 35.7 Å². The number of halogens is 4. The van der Waals surface area contributed by atoms with E-state index in [-0.39, 0.29) is 31.8 Å². The number of hydroxylamine groups is 1. The molecule has 4 atom stereocenters. The van der Waals surface area contributed by atoms with E-state index in [4.69, 9.17) is 20.0 Å². The predicted octanol–water partition coefficient (Wildman–Crippen LogP) is 6.09. The summed E-state index contributed by atoms with van der Waals surface area (Å²) in [7, 11) is 0. The number of hydrogen-bond donors (Lipinski definition) is 4. The fourth-order valence-corrected chi connectivity index (χ4v) is 5.49. The molecule has 5 rings (SSSR count). The van der Waals surface area contributed by atoms with Gasteiger partial charge in [-0.2, -0.15) is 18.7 Å². The first-order valence-corrected chi connectivity index (χ1v) is 15.6. The number of morpholine rings is 1. The third-order valence-corrected chi connectivity index (χ3v) is 7.96. The summed E-state index contributed by atoms with van der Waals surface area (Å²) in [6.07, 6.45) is -3.94. The maximum atomic E-state index is 15.1. The summed E-state index contributed by atoms with van der Waals surface area (Å²) in [5.74, 6) is -0.110. The van der Waals surface area contributed by atoms with Crippen molar-refractivity contribution in [1.82, 2.24) is 10.8 Å². The Morgan fingerprint density at radius 2 is 1.58 bits per heavy atom. The fourth-order valence-electron chi connectivity index (χ4n) is 5.49. The SMILES string of the molecule is N[C@H](C(=O)Nc1cccc(F)c1CC[C@@H]1CN[C@H](CONCC(F)(F)F)CO1)[C@H](c1ccccc1)c1ccc(Oc2ccccc2)cc1. The highest BCUT2D eigenvalue weighted by molar-refractivity contribution is 5.96. The van der Waals surface area contributed by atoms with Gasteiger partial charge in [0, 0.05) is 23.7 Å². The highest BCUT2D eigenvalue weighted by atomic mass is 19.4. The van der Waals surface area contributed by atoms with E-state index in [2.05, 4.69) is 10.6 Å². The minimum Gasteiger partial charge on any atom is -0.457 e. The molecule has 1 saturated heterocycles. The van der Waals surface area contributed by atoms with E-state index < -0.39 is 36.4 Å². The standard InChI is InChI=1S/C36H38F4N4O4/c37-31-12-7-13-32(30(31)19-18-29-20-42-26(21-46-29)22-47-43-23-36(38,39)40)44-35(45)34(41)33(24-8-3-1-4-9-24)25-14-16-28(17-15-25)48-27-10-5-2-6-11-27/h1-17,26,29,33-34,42-43H,18-23,41H2,(H,44,45)/t26-,29+,33+,34-/m0/s1. The summed E-state index contributed by atoms with van der Waals surface area (Å²) in [6.45, 7) is -0.640. The van der Waals surface area contributed by atoms with Gasteiger partial charge in [-0.3, -0.25) is 9.63 Å². The average molecular weight is 667 g/mol. The smallest absolute Gasteiger partial charge is 0.403 e. The van der Waals surface area contributed by atoms with Gasteiger partial charge in [0.25, 0.3) is 0 Å². The minimum absolute atomic E-state index is 0.0118. The number of carbonyl (C=O) groups is 1. The van der Waals surface area contributed by atoms with Crippen molar-refractivity contribution in [2.45, 2.75) is 43.1 Å². The Morgan fingerprint density at radius 1 is 0.917 bits per heavy atom. The molecule has 8 nitrogen and oxygen atoms in total. The first-order valence-electron chi connectivity index (χ1n) is 15.6. The van der Waals surface area contributed by atoms with E-state index in [1.807, 2.05) is 90.4 Å². The molecular weight excluding hydrogens is 628 g/mol. The Bertz CT molecular complexity index is 1590. The van der Waals surface area contributed by atoms with Gasteiger partial charge in [-0.05, 0) is 60.4 Å². The Morgan fingerprint density at radius 3 is 2.25 bits per heavy atom. The Kier molecular flexibility index (Phi) is 12.2. The number of hydrogen-bond acceptors (Lipinski definition) is 7. The van der Waals surface area contributed by atoms with Gasteiger partial charge in [0.15, 0.2) is 0 Å². The molecule has 1 heterocycles. The van der Waals surface area contributed by atoms with E-state index in [0.717, 1.165) is 11.1 Å². The van der Waals surface area contributed by atoms with Crippen LogP contribution in [0.4, 0.5) is 23.2 Å². The van der Waals surface area contributed by atoms with Crippen molar-refractivity contribution in [1.29, 1.82) is 0 Å². The molecule has 1 amide bonds. The van der Waals surface area contributed by atoms with Crippen LogP contribution in [0, 0.1) is 5.82 Å². The first-order chi connectivity index (χ1) is 23.2. The van der Waals surface area contributed by atoms with Crippen molar-refractivity contribution in [2.24, 2.45) is 5.73 Å². The molecule has 0 spiro atoms. The minimum atomic E-state index is -4.37. The number of alkyl halides is 3. The molecule has 5 N–H and O–H groups in total. The number of amides is 1. The summed E-state index contributed by atoms with van der Waals surface area (Å²) >= 11 is 0. The lowest BCUT2D eigenvalue weighted by Crippen LogP contribution is -2.49. The number of ether oxygens (including phenoxy) is 2. The number of nitrogens with one attached hydrogen (secondary N) is 3. The van der Waals surface area contributed by atoms with Crippen LogP contribution in [-0.2, 0) is 20.8 Å². The zero-order chi connectivity index (χ0) is 33.9. The second-order valence-electron chi connectivity index (χ2n) is 11.5. The topological polar surface area (TPSA) is 107 Å². The molecule has 0 aromatic heterocycles. The quantitative estimate of drug-likeness (QED) is 0.0734. The van der Waals surface area contributed by atoms with Crippen molar-refractivity contribution in [3.63, 3.8) is 0 Å². The zero-order valence-corrected chi connectivity index (χ0v) is 26.1. The molecule has 0 unspecified atom stereocenters. The second-order valence-corrected chi connectivity index (χ2v) is 11.5. The summed E-state index contributed by atoms with van der Waals surface area (Å²) < 4.78 is 63.7. The van der Waals surface area contributed by atoms with Crippen LogP contribution < -0.4 is 26.6 Å². The number of rotatable bonds is 14. The molecule has 1 aliphatic heterocycles. The lowest BCUT2D eigenvalue weighted by atomic mass is 9.85. The van der Waals surface area contributed by atoms with Crippen molar-refractivity contribution in [3.8, 4) is 11.5 Å². The van der Waals surface area contributed by atoms with E-state index in [1.54, 1.807) is 6.07 Å². The van der Waals surface area contributed by atoms with Crippen LogP contribution in [0.3, 0.4) is 0 Å². The largest absolute Gasteiger partial charge is 0.457 e. The zero-order valence-electron chi connectivity index (χ0n) is 26.1. The molecular formula is C36H38F4N4O4. The van der Waals surface area contributed by atoms with Crippen molar-refractivity contribution < 1.29 is 36.7 Å². The first kappa shape index (κ1) is 35.0. The highest BCUT2D eigenvalue weighted by Gasteiger charge is 2.30. The van der Waals surface area contributed by atoms with Crippen LogP contribution in [0.1, 0.15) is 29.0 Å². The molecule has 12 heteroatoms. The van der Waals surface area contributed by atoms with Gasteiger partial charge in [0.05, 0.1) is 31.4 Å². The fraction of sp³-hybridized carbons (Fsp3) is 0.306. The predicted molar refractivity (Wildman–Crippen MR) is 174 cm³/mol. The monoisotopic (exact) mass is 666 g/mol. The molecule has 254 valence electrons. The molecule has 0 aliphatic carbocycles. The van der Waals surface area contributed by atoms with Crippen LogP contribution in [0.5, 0.6) is 11.5 Å². The van der Waals surface area contributed by atoms with E-state index >= 15 is 4.39 Å². The van der Waals surface area contributed by atoms with Gasteiger partial charge in [0.1, 0.15) is 23.9 Å². The molecule has 0 radical (unpaired) electrons. The second kappa shape index (κ2) is 16.7. The van der Waals surface area contributed by atoms with Gasteiger partial charge in [-0.1, -0.05) is 66.7 Å². The van der Waals surface area contributed by atoms with Crippen molar-refractivity contribution >= 4 is 11.6 Å². The Balaban J connectivity index is 1.21. The summed E-state index contributed by atoms with van der Waals surface area (Å²) in [5, 5.41) is 6.04. The van der Waals surface area contributed by atoms with Crippen LogP contribution in [0.2, 0.25) is 0 Å². The van der Waals surface area contributed by atoms with E-state index in [1.165, 1.54) is 12.1 Å². The average Bonchev–Trinajstić information content (AvgIpc) is 3.08. The van der Waals surface area contributed by atoms with Crippen LogP contribution in [0.25, 0.3) is 0 Å². The van der Waals surface area contributed by atoms with Crippen LogP contribution >= 0.6 is 0 Å². The Hall–Kier alpha value is -4.33. The van der Waals surface area contributed by atoms with Crippen molar-refractivity contribution in [3.05, 3.63) is 126 Å². The summed E-state index contributed by atoms with van der Waals surface area (Å²) in [4.78, 5) is 18.6. The van der Waals surface area contributed by atoms with Gasteiger partial charge in [0.2, 0.25) is 5.91 Å². The number of nitrogens with two attached hydrogens (primary N) is 1. The molecule has 0 bridgehead atoms. The number of carbonyl (C=O) groups excluding carboxylic acids is 1. The van der Waals surface area contributed by atoms with Crippen molar-refractivity contribution in [2.75, 3.05) is 31.6 Å². The number of anilines is 1. The maximum absolute atomic E-state index is 15.1. The Labute approximate surface area is 276 Å². The third kappa shape index (κ3) is 10.1. The normalized spacial score (nSPS) is 17.8.